The first-order valence-electron chi connectivity index (χ1n) is 7.51. The second-order valence-electron chi connectivity index (χ2n) is 5.41. The Hall–Kier alpha value is -1.80. The van der Waals surface area contributed by atoms with Crippen LogP contribution < -0.4 is 10.6 Å². The fourth-order valence-corrected chi connectivity index (χ4v) is 2.85. The molecular weight excluding hydrogens is 244 g/mol. The van der Waals surface area contributed by atoms with Gasteiger partial charge in [0.25, 0.3) is 0 Å². The number of anilines is 1. The highest BCUT2D eigenvalue weighted by atomic mass is 14.9. The third-order valence-corrected chi connectivity index (χ3v) is 4.06. The highest BCUT2D eigenvalue weighted by molar-refractivity contribution is 5.48. The third-order valence-electron chi connectivity index (χ3n) is 4.06. The smallest absolute Gasteiger partial charge is 0.0529 e. The lowest BCUT2D eigenvalue weighted by atomic mass is 9.99. The Labute approximate surface area is 121 Å². The molecule has 0 aliphatic carbocycles. The van der Waals surface area contributed by atoms with E-state index in [2.05, 4.69) is 66.1 Å². The largest absolute Gasteiger partial charge is 0.378 e. The van der Waals surface area contributed by atoms with Crippen LogP contribution in [0.1, 0.15) is 36.1 Å². The Morgan fingerprint density at radius 2 is 1.90 bits per heavy atom. The lowest BCUT2D eigenvalue weighted by Crippen LogP contribution is -2.15. The third kappa shape index (κ3) is 2.86. The number of nitrogens with one attached hydrogen (secondary N) is 2. The Bertz CT molecular complexity index is 560. The Morgan fingerprint density at radius 1 is 1.10 bits per heavy atom. The summed E-state index contributed by atoms with van der Waals surface area (Å²) in [7, 11) is 0. The van der Waals surface area contributed by atoms with Crippen LogP contribution in [0.15, 0.2) is 48.5 Å². The summed E-state index contributed by atoms with van der Waals surface area (Å²) in [6.07, 6.45) is 2.21. The minimum atomic E-state index is 0.397. The number of hydrogen-bond acceptors (Lipinski definition) is 2. The van der Waals surface area contributed by atoms with Crippen molar-refractivity contribution in [1.29, 1.82) is 0 Å². The molecule has 2 aromatic rings. The molecule has 0 fully saturated rings. The highest BCUT2D eigenvalue weighted by Crippen LogP contribution is 2.27. The summed E-state index contributed by atoms with van der Waals surface area (Å²) in [4.78, 5) is 0. The maximum atomic E-state index is 3.69. The second kappa shape index (κ2) is 6.10. The van der Waals surface area contributed by atoms with E-state index in [0.717, 1.165) is 25.9 Å². The van der Waals surface area contributed by atoms with E-state index in [-0.39, 0.29) is 0 Å². The van der Waals surface area contributed by atoms with E-state index in [9.17, 15) is 0 Å². The van der Waals surface area contributed by atoms with Crippen LogP contribution >= 0.6 is 0 Å². The molecule has 2 heteroatoms. The number of fused-ring (bicyclic) bond motifs is 1. The summed E-state index contributed by atoms with van der Waals surface area (Å²) in [5.41, 5.74) is 5.44. The van der Waals surface area contributed by atoms with Gasteiger partial charge in [0, 0.05) is 12.2 Å². The van der Waals surface area contributed by atoms with Gasteiger partial charge in [-0.3, -0.25) is 0 Å². The molecule has 1 atom stereocenters. The van der Waals surface area contributed by atoms with E-state index < -0.39 is 0 Å². The summed E-state index contributed by atoms with van der Waals surface area (Å²) in [5.74, 6) is 0. The zero-order chi connectivity index (χ0) is 13.8. The van der Waals surface area contributed by atoms with Crippen LogP contribution in [0.3, 0.4) is 0 Å². The average Bonchev–Trinajstić information content (AvgIpc) is 2.71. The first-order chi connectivity index (χ1) is 9.86. The Kier molecular flexibility index (Phi) is 4.03. The monoisotopic (exact) mass is 266 g/mol. The maximum absolute atomic E-state index is 3.69. The number of rotatable bonds is 3. The molecule has 0 spiro atoms. The van der Waals surface area contributed by atoms with Crippen molar-refractivity contribution in [3.63, 3.8) is 0 Å². The minimum Gasteiger partial charge on any atom is -0.378 e. The SMILES string of the molecule is CCc1ccc(NC2CCNCc3ccccc32)cc1. The lowest BCUT2D eigenvalue weighted by molar-refractivity contribution is 0.637. The topological polar surface area (TPSA) is 24.1 Å². The van der Waals surface area contributed by atoms with Crippen LogP contribution in [-0.2, 0) is 13.0 Å². The van der Waals surface area contributed by atoms with Crippen molar-refractivity contribution >= 4 is 5.69 Å². The minimum absolute atomic E-state index is 0.397. The standard InChI is InChI=1S/C18H22N2/c1-2-14-7-9-16(10-8-14)20-18-11-12-19-13-15-5-3-4-6-17(15)18/h3-10,18-20H,2,11-13H2,1H3. The molecular formula is C18H22N2. The quantitative estimate of drug-likeness (QED) is 0.880. The van der Waals surface area contributed by atoms with Gasteiger partial charge in [0.15, 0.2) is 0 Å². The zero-order valence-corrected chi connectivity index (χ0v) is 12.0. The van der Waals surface area contributed by atoms with Gasteiger partial charge in [-0.15, -0.1) is 0 Å². The van der Waals surface area contributed by atoms with Crippen molar-refractivity contribution in [2.75, 3.05) is 11.9 Å². The molecule has 1 aliphatic heterocycles. The number of hydrogen-bond donors (Lipinski definition) is 2. The summed E-state index contributed by atoms with van der Waals surface area (Å²) in [6.45, 7) is 4.22. The Balaban J connectivity index is 1.82. The molecule has 2 aromatic carbocycles. The van der Waals surface area contributed by atoms with Crippen molar-refractivity contribution in [2.24, 2.45) is 0 Å². The van der Waals surface area contributed by atoms with Crippen LogP contribution in [0.25, 0.3) is 0 Å². The fraction of sp³-hybridized carbons (Fsp3) is 0.333. The van der Waals surface area contributed by atoms with Gasteiger partial charge in [-0.05, 0) is 48.2 Å². The van der Waals surface area contributed by atoms with E-state index in [1.165, 1.54) is 22.4 Å². The van der Waals surface area contributed by atoms with Gasteiger partial charge < -0.3 is 10.6 Å². The van der Waals surface area contributed by atoms with Gasteiger partial charge in [0.05, 0.1) is 6.04 Å². The van der Waals surface area contributed by atoms with Gasteiger partial charge in [0.2, 0.25) is 0 Å². The van der Waals surface area contributed by atoms with Crippen molar-refractivity contribution < 1.29 is 0 Å². The summed E-state index contributed by atoms with van der Waals surface area (Å²) in [6, 6.07) is 17.9. The predicted octanol–water partition coefficient (Wildman–Crippen LogP) is 3.90. The normalized spacial score (nSPS) is 18.1. The van der Waals surface area contributed by atoms with Crippen LogP contribution in [0.5, 0.6) is 0 Å². The first kappa shape index (κ1) is 13.2. The van der Waals surface area contributed by atoms with E-state index in [0.29, 0.717) is 6.04 Å². The molecule has 1 aliphatic rings. The molecule has 0 radical (unpaired) electrons. The number of aryl methyl sites for hydroxylation is 1. The average molecular weight is 266 g/mol. The van der Waals surface area contributed by atoms with Crippen LogP contribution in [-0.4, -0.2) is 6.54 Å². The van der Waals surface area contributed by atoms with Crippen LogP contribution in [0.2, 0.25) is 0 Å². The predicted molar refractivity (Wildman–Crippen MR) is 84.9 cm³/mol. The molecule has 2 nitrogen and oxygen atoms in total. The van der Waals surface area contributed by atoms with Crippen molar-refractivity contribution in [2.45, 2.75) is 32.4 Å². The molecule has 0 saturated carbocycles. The van der Waals surface area contributed by atoms with Crippen molar-refractivity contribution in [3.8, 4) is 0 Å². The van der Waals surface area contributed by atoms with E-state index in [4.69, 9.17) is 0 Å². The molecule has 1 heterocycles. The lowest BCUT2D eigenvalue weighted by Gasteiger charge is -2.20. The zero-order valence-electron chi connectivity index (χ0n) is 12.0. The molecule has 2 N–H and O–H groups in total. The first-order valence-corrected chi connectivity index (χ1v) is 7.51. The van der Waals surface area contributed by atoms with E-state index in [1.54, 1.807) is 0 Å². The maximum Gasteiger partial charge on any atom is 0.0529 e. The van der Waals surface area contributed by atoms with Crippen LogP contribution in [0.4, 0.5) is 5.69 Å². The van der Waals surface area contributed by atoms with Crippen molar-refractivity contribution in [3.05, 3.63) is 65.2 Å². The van der Waals surface area contributed by atoms with Crippen molar-refractivity contribution in [1.82, 2.24) is 5.32 Å². The summed E-state index contributed by atoms with van der Waals surface area (Å²) in [5, 5.41) is 7.19. The van der Waals surface area contributed by atoms with E-state index >= 15 is 0 Å². The number of benzene rings is 2. The molecule has 20 heavy (non-hydrogen) atoms. The molecule has 3 rings (SSSR count). The molecule has 0 saturated heterocycles. The molecule has 1 unspecified atom stereocenters. The van der Waals surface area contributed by atoms with Gasteiger partial charge in [-0.25, -0.2) is 0 Å². The van der Waals surface area contributed by atoms with E-state index in [1.807, 2.05) is 0 Å². The summed E-state index contributed by atoms with van der Waals surface area (Å²) >= 11 is 0. The van der Waals surface area contributed by atoms with Gasteiger partial charge in [0.1, 0.15) is 0 Å². The van der Waals surface area contributed by atoms with Gasteiger partial charge in [-0.2, -0.15) is 0 Å². The fourth-order valence-electron chi connectivity index (χ4n) is 2.85. The summed E-state index contributed by atoms with van der Waals surface area (Å²) < 4.78 is 0. The Morgan fingerprint density at radius 3 is 2.70 bits per heavy atom. The van der Waals surface area contributed by atoms with Gasteiger partial charge in [-0.1, -0.05) is 43.3 Å². The molecule has 0 amide bonds. The molecule has 104 valence electrons. The molecule has 0 aromatic heterocycles. The highest BCUT2D eigenvalue weighted by Gasteiger charge is 2.17. The van der Waals surface area contributed by atoms with Crippen LogP contribution in [0, 0.1) is 0 Å². The second-order valence-corrected chi connectivity index (χ2v) is 5.41. The molecule has 0 bridgehead atoms. The van der Waals surface area contributed by atoms with Gasteiger partial charge >= 0.3 is 0 Å².